The lowest BCUT2D eigenvalue weighted by molar-refractivity contribution is 0.0601. The molecule has 1 amide bonds. The van der Waals surface area contributed by atoms with Gasteiger partial charge in [0.15, 0.2) is 0 Å². The number of amides is 1. The zero-order valence-electron chi connectivity index (χ0n) is 18.7. The summed E-state index contributed by atoms with van der Waals surface area (Å²) >= 11 is 0. The van der Waals surface area contributed by atoms with Crippen LogP contribution in [0.5, 0.6) is 5.75 Å². The monoisotopic (exact) mass is 468 g/mol. The Morgan fingerprint density at radius 3 is 2.12 bits per heavy atom. The SMILES string of the molecule is COC(=O)c1cc(OC)ccc1NC(=O)c1ccc(N(C)S(=O)(=O)c2ccc(C)cc2)cc1. The van der Waals surface area contributed by atoms with Gasteiger partial charge in [0.1, 0.15) is 5.75 Å². The molecule has 0 bridgehead atoms. The van der Waals surface area contributed by atoms with Gasteiger partial charge < -0.3 is 14.8 Å². The van der Waals surface area contributed by atoms with Gasteiger partial charge in [-0.2, -0.15) is 0 Å². The van der Waals surface area contributed by atoms with Crippen molar-refractivity contribution in [3.05, 3.63) is 83.4 Å². The van der Waals surface area contributed by atoms with E-state index in [0.29, 0.717) is 11.4 Å². The number of carbonyl (C=O) groups excluding carboxylic acids is 2. The van der Waals surface area contributed by atoms with Crippen molar-refractivity contribution >= 4 is 33.3 Å². The molecule has 0 radical (unpaired) electrons. The van der Waals surface area contributed by atoms with E-state index < -0.39 is 21.9 Å². The highest BCUT2D eigenvalue weighted by Crippen LogP contribution is 2.25. The van der Waals surface area contributed by atoms with Crippen molar-refractivity contribution < 1.29 is 27.5 Å². The number of carbonyl (C=O) groups is 2. The number of aryl methyl sites for hydroxylation is 1. The maximum absolute atomic E-state index is 12.9. The third kappa shape index (κ3) is 5.15. The van der Waals surface area contributed by atoms with Gasteiger partial charge in [0.25, 0.3) is 15.9 Å². The summed E-state index contributed by atoms with van der Waals surface area (Å²) in [6.07, 6.45) is 0. The summed E-state index contributed by atoms with van der Waals surface area (Å²) in [7, 11) is 0.411. The second-order valence-corrected chi connectivity index (χ2v) is 9.16. The number of ether oxygens (including phenoxy) is 2. The molecule has 0 aliphatic carbocycles. The van der Waals surface area contributed by atoms with Crippen LogP contribution in [0.1, 0.15) is 26.3 Å². The van der Waals surface area contributed by atoms with Gasteiger partial charge in [-0.1, -0.05) is 17.7 Å². The van der Waals surface area contributed by atoms with Crippen LogP contribution in [0.4, 0.5) is 11.4 Å². The molecule has 1 N–H and O–H groups in total. The van der Waals surface area contributed by atoms with Gasteiger partial charge in [-0.25, -0.2) is 13.2 Å². The van der Waals surface area contributed by atoms with Crippen molar-refractivity contribution in [3.8, 4) is 5.75 Å². The van der Waals surface area contributed by atoms with E-state index in [1.165, 1.54) is 51.6 Å². The topological polar surface area (TPSA) is 102 Å². The lowest BCUT2D eigenvalue weighted by Crippen LogP contribution is -2.26. The molecule has 0 fully saturated rings. The fourth-order valence-corrected chi connectivity index (χ4v) is 4.26. The number of hydrogen-bond acceptors (Lipinski definition) is 6. The highest BCUT2D eigenvalue weighted by atomic mass is 32.2. The summed E-state index contributed by atoms with van der Waals surface area (Å²) in [5, 5.41) is 2.68. The van der Waals surface area contributed by atoms with Gasteiger partial charge >= 0.3 is 5.97 Å². The number of anilines is 2. The maximum atomic E-state index is 12.9. The van der Waals surface area contributed by atoms with E-state index in [1.54, 1.807) is 36.4 Å². The number of nitrogens with one attached hydrogen (secondary N) is 1. The summed E-state index contributed by atoms with van der Waals surface area (Å²) in [5.74, 6) is -0.654. The minimum absolute atomic E-state index is 0.144. The summed E-state index contributed by atoms with van der Waals surface area (Å²) in [4.78, 5) is 25.0. The Hall–Kier alpha value is -3.85. The second kappa shape index (κ2) is 9.74. The first kappa shape index (κ1) is 23.8. The van der Waals surface area contributed by atoms with E-state index in [0.717, 1.165) is 9.87 Å². The number of nitrogens with zero attached hydrogens (tertiary/aromatic N) is 1. The average Bonchev–Trinajstić information content (AvgIpc) is 2.83. The quantitative estimate of drug-likeness (QED) is 0.528. The minimum atomic E-state index is -3.75. The summed E-state index contributed by atoms with van der Waals surface area (Å²) in [6, 6.07) is 17.3. The van der Waals surface area contributed by atoms with Crippen LogP contribution in [-0.2, 0) is 14.8 Å². The molecule has 0 saturated heterocycles. The van der Waals surface area contributed by atoms with E-state index >= 15 is 0 Å². The van der Waals surface area contributed by atoms with Crippen LogP contribution in [0, 0.1) is 6.92 Å². The molecule has 0 atom stereocenters. The number of methoxy groups -OCH3 is 2. The first-order chi connectivity index (χ1) is 15.7. The molecule has 3 aromatic rings. The van der Waals surface area contributed by atoms with Crippen molar-refractivity contribution in [2.75, 3.05) is 30.9 Å². The molecule has 172 valence electrons. The Bertz CT molecular complexity index is 1270. The predicted octanol–water partition coefficient (Wildman–Crippen LogP) is 3.87. The number of hydrogen-bond donors (Lipinski definition) is 1. The van der Waals surface area contributed by atoms with Crippen LogP contribution in [-0.4, -0.2) is 41.6 Å². The molecular formula is C24H24N2O6S. The Labute approximate surface area is 192 Å². The number of rotatable bonds is 7. The summed E-state index contributed by atoms with van der Waals surface area (Å²) < 4.78 is 36.8. The van der Waals surface area contributed by atoms with Crippen molar-refractivity contribution in [1.29, 1.82) is 0 Å². The largest absolute Gasteiger partial charge is 0.497 e. The Kier molecular flexibility index (Phi) is 7.03. The molecule has 0 spiro atoms. The average molecular weight is 469 g/mol. The van der Waals surface area contributed by atoms with E-state index in [4.69, 9.17) is 9.47 Å². The highest BCUT2D eigenvalue weighted by molar-refractivity contribution is 7.92. The summed E-state index contributed by atoms with van der Waals surface area (Å²) in [6.45, 7) is 1.88. The van der Waals surface area contributed by atoms with Gasteiger partial charge in [0.05, 0.1) is 36.1 Å². The fraction of sp³-hybridized carbons (Fsp3) is 0.167. The highest BCUT2D eigenvalue weighted by Gasteiger charge is 2.22. The normalized spacial score (nSPS) is 10.9. The van der Waals surface area contributed by atoms with Crippen LogP contribution >= 0.6 is 0 Å². The Morgan fingerprint density at radius 2 is 1.55 bits per heavy atom. The van der Waals surface area contributed by atoms with Gasteiger partial charge in [-0.15, -0.1) is 0 Å². The van der Waals surface area contributed by atoms with Gasteiger partial charge in [-0.3, -0.25) is 9.10 Å². The third-order valence-corrected chi connectivity index (χ3v) is 6.85. The first-order valence-electron chi connectivity index (χ1n) is 9.90. The van der Waals surface area contributed by atoms with E-state index in [9.17, 15) is 18.0 Å². The summed E-state index contributed by atoms with van der Waals surface area (Å²) in [5.41, 5.74) is 2.04. The predicted molar refractivity (Wildman–Crippen MR) is 125 cm³/mol. The molecule has 3 aromatic carbocycles. The van der Waals surface area contributed by atoms with Crippen molar-refractivity contribution in [2.45, 2.75) is 11.8 Å². The molecule has 8 nitrogen and oxygen atoms in total. The number of sulfonamides is 1. The van der Waals surface area contributed by atoms with E-state index in [1.807, 2.05) is 6.92 Å². The van der Waals surface area contributed by atoms with Crippen LogP contribution in [0.3, 0.4) is 0 Å². The van der Waals surface area contributed by atoms with Crippen LogP contribution in [0.2, 0.25) is 0 Å². The minimum Gasteiger partial charge on any atom is -0.497 e. The number of benzene rings is 3. The molecule has 3 rings (SSSR count). The lowest BCUT2D eigenvalue weighted by Gasteiger charge is -2.20. The van der Waals surface area contributed by atoms with Gasteiger partial charge in [-0.05, 0) is 61.5 Å². The Balaban J connectivity index is 1.81. The van der Waals surface area contributed by atoms with Crippen LogP contribution in [0.25, 0.3) is 0 Å². The fourth-order valence-electron chi connectivity index (χ4n) is 3.06. The standard InChI is InChI=1S/C24H24N2O6S/c1-16-5-12-20(13-6-16)33(29,30)26(2)18-9-7-17(8-10-18)23(27)25-22-14-11-19(31-3)15-21(22)24(28)32-4/h5-15H,1-4H3,(H,25,27). The molecule has 0 saturated carbocycles. The number of esters is 1. The van der Waals surface area contributed by atoms with Gasteiger partial charge in [0, 0.05) is 12.6 Å². The maximum Gasteiger partial charge on any atom is 0.340 e. The molecule has 0 unspecified atom stereocenters. The van der Waals surface area contributed by atoms with Crippen LogP contribution < -0.4 is 14.4 Å². The van der Waals surface area contributed by atoms with E-state index in [-0.39, 0.29) is 21.7 Å². The molecule has 33 heavy (non-hydrogen) atoms. The lowest BCUT2D eigenvalue weighted by atomic mass is 10.1. The van der Waals surface area contributed by atoms with E-state index in [2.05, 4.69) is 5.32 Å². The smallest absolute Gasteiger partial charge is 0.340 e. The Morgan fingerprint density at radius 1 is 0.909 bits per heavy atom. The molecule has 0 aliphatic heterocycles. The molecule has 0 aromatic heterocycles. The molecule has 0 heterocycles. The van der Waals surface area contributed by atoms with Gasteiger partial charge in [0.2, 0.25) is 0 Å². The zero-order valence-corrected chi connectivity index (χ0v) is 19.5. The molecule has 0 aliphatic rings. The molecule has 9 heteroatoms. The molecular weight excluding hydrogens is 444 g/mol. The van der Waals surface area contributed by atoms with Crippen molar-refractivity contribution in [3.63, 3.8) is 0 Å². The van der Waals surface area contributed by atoms with Crippen molar-refractivity contribution in [1.82, 2.24) is 0 Å². The van der Waals surface area contributed by atoms with Crippen molar-refractivity contribution in [2.24, 2.45) is 0 Å². The third-order valence-electron chi connectivity index (χ3n) is 5.05. The first-order valence-corrected chi connectivity index (χ1v) is 11.3. The second-order valence-electron chi connectivity index (χ2n) is 7.19. The van der Waals surface area contributed by atoms with Crippen LogP contribution in [0.15, 0.2) is 71.6 Å². The zero-order chi connectivity index (χ0) is 24.2.